The van der Waals surface area contributed by atoms with Gasteiger partial charge in [0.05, 0.1) is 20.1 Å². The van der Waals surface area contributed by atoms with Crippen LogP contribution in [0.4, 0.5) is 0 Å². The minimum absolute atomic E-state index is 0.147. The number of methoxy groups -OCH3 is 1. The molecule has 6 nitrogen and oxygen atoms in total. The molecular formula is C36H38Cl2N2O4. The molecule has 1 aliphatic rings. The highest BCUT2D eigenvalue weighted by molar-refractivity contribution is 6.34. The first kappa shape index (κ1) is 31.8. The molecule has 0 radical (unpaired) electrons. The van der Waals surface area contributed by atoms with E-state index in [1.54, 1.807) is 13.2 Å². The SMILES string of the molecule is COc1ccc2cc([C@H]3C[C@@H](c4cc(Cl)cc(Cl)c4)CN3Cc3ccc(C(=O)NCCC(=O)OCC(C)C)cc3)ccc2c1. The van der Waals surface area contributed by atoms with Gasteiger partial charge >= 0.3 is 5.97 Å². The Balaban J connectivity index is 1.30. The molecule has 1 fully saturated rings. The zero-order chi connectivity index (χ0) is 31.2. The van der Waals surface area contributed by atoms with Crippen molar-refractivity contribution in [3.8, 4) is 5.75 Å². The summed E-state index contributed by atoms with van der Waals surface area (Å²) in [6.45, 7) is 6.15. The Morgan fingerprint density at radius 3 is 2.32 bits per heavy atom. The molecule has 0 aromatic heterocycles. The second-order valence-electron chi connectivity index (χ2n) is 11.8. The van der Waals surface area contributed by atoms with Crippen molar-refractivity contribution in [2.24, 2.45) is 5.92 Å². The molecule has 0 aliphatic carbocycles. The molecule has 0 unspecified atom stereocenters. The third kappa shape index (κ3) is 8.12. The van der Waals surface area contributed by atoms with E-state index < -0.39 is 0 Å². The molecule has 8 heteroatoms. The van der Waals surface area contributed by atoms with Crippen LogP contribution in [0.3, 0.4) is 0 Å². The van der Waals surface area contributed by atoms with E-state index in [2.05, 4.69) is 40.5 Å². The summed E-state index contributed by atoms with van der Waals surface area (Å²) < 4.78 is 10.6. The van der Waals surface area contributed by atoms with Crippen molar-refractivity contribution in [2.75, 3.05) is 26.8 Å². The number of nitrogens with zero attached hydrogens (tertiary/aromatic N) is 1. The molecule has 1 heterocycles. The van der Waals surface area contributed by atoms with E-state index >= 15 is 0 Å². The molecule has 1 saturated heterocycles. The predicted octanol–water partition coefficient (Wildman–Crippen LogP) is 8.21. The highest BCUT2D eigenvalue weighted by Gasteiger charge is 2.34. The van der Waals surface area contributed by atoms with E-state index in [-0.39, 0.29) is 42.7 Å². The molecule has 230 valence electrons. The van der Waals surface area contributed by atoms with Crippen LogP contribution in [0.2, 0.25) is 10.0 Å². The summed E-state index contributed by atoms with van der Waals surface area (Å²) in [6, 6.07) is 26.4. The Morgan fingerprint density at radius 2 is 1.61 bits per heavy atom. The van der Waals surface area contributed by atoms with Gasteiger partial charge in [0.1, 0.15) is 5.75 Å². The fourth-order valence-electron chi connectivity index (χ4n) is 5.76. The largest absolute Gasteiger partial charge is 0.497 e. The lowest BCUT2D eigenvalue weighted by Gasteiger charge is -2.25. The van der Waals surface area contributed by atoms with E-state index in [1.807, 2.05) is 56.3 Å². The van der Waals surface area contributed by atoms with Crippen LogP contribution in [0.1, 0.15) is 65.7 Å². The third-order valence-corrected chi connectivity index (χ3v) is 8.45. The Kier molecular flexibility index (Phi) is 10.5. The first-order chi connectivity index (χ1) is 21.2. The number of rotatable bonds is 11. The van der Waals surface area contributed by atoms with E-state index in [0.29, 0.717) is 22.2 Å². The van der Waals surface area contributed by atoms with Crippen molar-refractivity contribution in [1.82, 2.24) is 10.2 Å². The lowest BCUT2D eigenvalue weighted by Crippen LogP contribution is -2.27. The number of halogens is 2. The Morgan fingerprint density at radius 1 is 0.909 bits per heavy atom. The summed E-state index contributed by atoms with van der Waals surface area (Å²) in [7, 11) is 1.68. The summed E-state index contributed by atoms with van der Waals surface area (Å²) in [5.74, 6) is 0.866. The van der Waals surface area contributed by atoms with Crippen LogP contribution in [0, 0.1) is 5.92 Å². The molecule has 1 N–H and O–H groups in total. The Bertz CT molecular complexity index is 1600. The van der Waals surface area contributed by atoms with Gasteiger partial charge < -0.3 is 14.8 Å². The van der Waals surface area contributed by atoms with Crippen molar-refractivity contribution in [3.63, 3.8) is 0 Å². The molecule has 2 atom stereocenters. The molecule has 0 spiro atoms. The van der Waals surface area contributed by atoms with Crippen LogP contribution in [-0.4, -0.2) is 43.6 Å². The fraction of sp³-hybridized carbons (Fsp3) is 0.333. The monoisotopic (exact) mass is 632 g/mol. The van der Waals surface area contributed by atoms with Crippen molar-refractivity contribution >= 4 is 45.9 Å². The van der Waals surface area contributed by atoms with E-state index in [4.69, 9.17) is 32.7 Å². The van der Waals surface area contributed by atoms with Crippen LogP contribution in [0.15, 0.2) is 78.9 Å². The third-order valence-electron chi connectivity index (χ3n) is 8.01. The molecule has 0 saturated carbocycles. The summed E-state index contributed by atoms with van der Waals surface area (Å²) >= 11 is 12.8. The second kappa shape index (κ2) is 14.5. The zero-order valence-electron chi connectivity index (χ0n) is 25.3. The molecule has 1 aliphatic heterocycles. The van der Waals surface area contributed by atoms with Gasteiger partial charge in [0.15, 0.2) is 0 Å². The summed E-state index contributed by atoms with van der Waals surface area (Å²) in [5, 5.41) is 6.40. The highest BCUT2D eigenvalue weighted by Crippen LogP contribution is 2.43. The summed E-state index contributed by atoms with van der Waals surface area (Å²) in [6.07, 6.45) is 1.08. The lowest BCUT2D eigenvalue weighted by atomic mass is 9.93. The van der Waals surface area contributed by atoms with E-state index in [0.717, 1.165) is 41.8 Å². The number of nitrogens with one attached hydrogen (secondary N) is 1. The first-order valence-corrected chi connectivity index (χ1v) is 15.7. The van der Waals surface area contributed by atoms with Gasteiger partial charge in [0.25, 0.3) is 5.91 Å². The van der Waals surface area contributed by atoms with Crippen LogP contribution < -0.4 is 10.1 Å². The second-order valence-corrected chi connectivity index (χ2v) is 12.7. The average molecular weight is 634 g/mol. The lowest BCUT2D eigenvalue weighted by molar-refractivity contribution is -0.144. The van der Waals surface area contributed by atoms with E-state index in [9.17, 15) is 9.59 Å². The number of likely N-dealkylation sites (tertiary alicyclic amines) is 1. The smallest absolute Gasteiger partial charge is 0.307 e. The number of carbonyl (C=O) groups excluding carboxylic acids is 2. The molecule has 44 heavy (non-hydrogen) atoms. The molecule has 5 rings (SSSR count). The zero-order valence-corrected chi connectivity index (χ0v) is 26.8. The van der Waals surface area contributed by atoms with Crippen LogP contribution in [0.5, 0.6) is 5.75 Å². The summed E-state index contributed by atoms with van der Waals surface area (Å²) in [5.41, 5.74) is 4.06. The van der Waals surface area contributed by atoms with E-state index in [1.165, 1.54) is 10.9 Å². The number of hydrogen-bond acceptors (Lipinski definition) is 5. The van der Waals surface area contributed by atoms with Gasteiger partial charge in [-0.15, -0.1) is 0 Å². The first-order valence-electron chi connectivity index (χ1n) is 15.0. The fourth-order valence-corrected chi connectivity index (χ4v) is 6.30. The standard InChI is InChI=1S/C36H38Cl2N2O4/c1-23(2)22-44-35(41)12-13-39-36(42)25-6-4-24(5-7-25)20-40-21-30(29-15-31(37)19-32(38)16-29)18-34(40)28-9-8-27-17-33(43-3)11-10-26(27)14-28/h4-11,14-17,19,23,30,34H,12-13,18,20-22H2,1-3H3,(H,39,42)/t30-,34-/m1/s1. The minimum atomic E-state index is -0.306. The van der Waals surface area contributed by atoms with Gasteiger partial charge in [-0.05, 0) is 94.3 Å². The van der Waals surface area contributed by atoms with Gasteiger partial charge in [0.2, 0.25) is 0 Å². The van der Waals surface area contributed by atoms with Crippen LogP contribution >= 0.6 is 23.2 Å². The maximum atomic E-state index is 12.7. The molecular weight excluding hydrogens is 595 g/mol. The normalized spacial score (nSPS) is 16.8. The van der Waals surface area contributed by atoms with Gasteiger partial charge in [-0.2, -0.15) is 0 Å². The number of benzene rings is 4. The molecule has 1 amide bonds. The number of amides is 1. The Labute approximate surface area is 269 Å². The van der Waals surface area contributed by atoms with Crippen LogP contribution in [0.25, 0.3) is 10.8 Å². The summed E-state index contributed by atoms with van der Waals surface area (Å²) in [4.78, 5) is 27.0. The van der Waals surface area contributed by atoms with Crippen molar-refractivity contribution in [2.45, 2.75) is 45.2 Å². The molecule has 0 bridgehead atoms. The van der Waals surface area contributed by atoms with Crippen molar-refractivity contribution in [3.05, 3.63) is 111 Å². The van der Waals surface area contributed by atoms with Crippen molar-refractivity contribution in [1.29, 1.82) is 0 Å². The maximum absolute atomic E-state index is 12.7. The quantitative estimate of drug-likeness (QED) is 0.169. The van der Waals surface area contributed by atoms with Crippen molar-refractivity contribution < 1.29 is 19.1 Å². The number of esters is 1. The van der Waals surface area contributed by atoms with Gasteiger partial charge in [-0.1, -0.05) is 67.4 Å². The van der Waals surface area contributed by atoms with Gasteiger partial charge in [-0.25, -0.2) is 0 Å². The average Bonchev–Trinajstić information content (AvgIpc) is 3.43. The van der Waals surface area contributed by atoms with Gasteiger partial charge in [0, 0.05) is 41.3 Å². The minimum Gasteiger partial charge on any atom is -0.497 e. The topological polar surface area (TPSA) is 67.9 Å². The number of hydrogen-bond donors (Lipinski definition) is 1. The predicted molar refractivity (Wildman–Crippen MR) is 177 cm³/mol. The number of ether oxygens (including phenoxy) is 2. The van der Waals surface area contributed by atoms with Gasteiger partial charge in [-0.3, -0.25) is 14.5 Å². The highest BCUT2D eigenvalue weighted by atomic mass is 35.5. The Hall–Kier alpha value is -3.58. The van der Waals surface area contributed by atoms with Crippen LogP contribution in [-0.2, 0) is 16.1 Å². The molecule has 4 aromatic rings. The number of carbonyl (C=O) groups is 2. The number of fused-ring (bicyclic) bond motifs is 1. The molecule has 4 aromatic carbocycles. The maximum Gasteiger partial charge on any atom is 0.307 e.